The lowest BCUT2D eigenvalue weighted by molar-refractivity contribution is 0.135. The number of benzene rings is 2. The highest BCUT2D eigenvalue weighted by Gasteiger charge is 2.29. The molecule has 0 fully saturated rings. The van der Waals surface area contributed by atoms with E-state index >= 15 is 0 Å². The van der Waals surface area contributed by atoms with E-state index in [4.69, 9.17) is 33.2 Å². The fourth-order valence-electron chi connectivity index (χ4n) is 4.07. The van der Waals surface area contributed by atoms with Crippen molar-refractivity contribution in [2.24, 2.45) is 0 Å². The number of fused-ring (bicyclic) bond motifs is 1. The number of nitrogens with zero attached hydrogens (tertiary/aromatic N) is 2. The van der Waals surface area contributed by atoms with Crippen LogP contribution in [0.2, 0.25) is 10.0 Å². The second kappa shape index (κ2) is 8.93. The Labute approximate surface area is 187 Å². The van der Waals surface area contributed by atoms with Gasteiger partial charge in [-0.15, -0.1) is 0 Å². The van der Waals surface area contributed by atoms with Gasteiger partial charge in [-0.2, -0.15) is 0 Å². The topological polar surface area (TPSA) is 58.0 Å². The van der Waals surface area contributed by atoms with Crippen LogP contribution in [0.25, 0.3) is 11.3 Å². The first kappa shape index (κ1) is 21.1. The van der Waals surface area contributed by atoms with E-state index in [1.54, 1.807) is 6.07 Å². The molecule has 3 aromatic rings. The third-order valence-corrected chi connectivity index (χ3v) is 6.22. The molecule has 2 aromatic carbocycles. The average molecular weight is 442 g/mol. The molecule has 0 radical (unpaired) electrons. The molecule has 0 bridgehead atoms. The van der Waals surface area contributed by atoms with Gasteiger partial charge in [0.2, 0.25) is 0 Å². The maximum absolute atomic E-state index is 10.7. The van der Waals surface area contributed by atoms with Gasteiger partial charge in [-0.05, 0) is 55.0 Å². The molecule has 2 atom stereocenters. The minimum Gasteiger partial charge on any atom is -0.391 e. The van der Waals surface area contributed by atoms with Crippen molar-refractivity contribution in [3.05, 3.63) is 75.0 Å². The van der Waals surface area contributed by atoms with Crippen molar-refractivity contribution in [1.29, 1.82) is 0 Å². The molecule has 0 aliphatic heterocycles. The van der Waals surface area contributed by atoms with E-state index in [1.807, 2.05) is 24.3 Å². The Balaban J connectivity index is 1.76. The summed E-state index contributed by atoms with van der Waals surface area (Å²) in [5.74, 6) is 0.726. The Morgan fingerprint density at radius 3 is 2.53 bits per heavy atom. The van der Waals surface area contributed by atoms with E-state index in [2.05, 4.69) is 31.3 Å². The van der Waals surface area contributed by atoms with Crippen LogP contribution >= 0.6 is 23.2 Å². The van der Waals surface area contributed by atoms with Crippen molar-refractivity contribution >= 4 is 29.0 Å². The minimum atomic E-state index is -0.470. The smallest absolute Gasteiger partial charge is 0.148 e. The molecule has 0 unspecified atom stereocenters. The third-order valence-electron chi connectivity index (χ3n) is 5.67. The molecule has 0 saturated heterocycles. The normalized spacial score (nSPS) is 18.2. The number of aromatic nitrogens is 2. The van der Waals surface area contributed by atoms with Gasteiger partial charge < -0.3 is 10.4 Å². The summed E-state index contributed by atoms with van der Waals surface area (Å²) in [4.78, 5) is 9.86. The van der Waals surface area contributed by atoms with Crippen LogP contribution in [-0.4, -0.2) is 21.2 Å². The van der Waals surface area contributed by atoms with Gasteiger partial charge in [0.25, 0.3) is 0 Å². The highest BCUT2D eigenvalue weighted by Crippen LogP contribution is 2.35. The number of aliphatic hydroxyl groups is 1. The summed E-state index contributed by atoms with van der Waals surface area (Å²) in [6.45, 7) is 4.11. The molecule has 6 heteroatoms. The molecule has 1 heterocycles. The number of hydrogen-bond acceptors (Lipinski definition) is 4. The molecule has 1 aliphatic rings. The summed E-state index contributed by atoms with van der Waals surface area (Å²) in [5, 5.41) is 15.4. The van der Waals surface area contributed by atoms with Gasteiger partial charge in [0.05, 0.1) is 34.3 Å². The minimum absolute atomic E-state index is 0.204. The molecule has 2 N–H and O–H groups in total. The molecule has 4 nitrogen and oxygen atoms in total. The first-order chi connectivity index (χ1) is 14.5. The second-order valence-electron chi connectivity index (χ2n) is 7.57. The highest BCUT2D eigenvalue weighted by molar-refractivity contribution is 6.36. The van der Waals surface area contributed by atoms with E-state index in [-0.39, 0.29) is 6.04 Å². The van der Waals surface area contributed by atoms with Crippen molar-refractivity contribution in [2.45, 2.75) is 51.7 Å². The fourth-order valence-corrected chi connectivity index (χ4v) is 4.57. The first-order valence-electron chi connectivity index (χ1n) is 10.4. The van der Waals surface area contributed by atoms with E-state index in [9.17, 15) is 5.11 Å². The average Bonchev–Trinajstić information content (AvgIpc) is 2.75. The standard InChI is InChI=1S/C24H25Cl2N3O/c1-3-19-22(17-11-10-15(25)13-18(17)26)27-20(4-2)24(28-19)29-23-16-8-6-5-7-14(16)9-12-21(23)30/h5-8,10-11,13,21,23,30H,3-4,9,12H2,1-2H3,(H,28,29)/t21-,23+/m1/s1. The molecule has 0 amide bonds. The van der Waals surface area contributed by atoms with Crippen LogP contribution in [0, 0.1) is 0 Å². The van der Waals surface area contributed by atoms with Gasteiger partial charge in [0.15, 0.2) is 0 Å². The first-order valence-corrected chi connectivity index (χ1v) is 11.1. The largest absolute Gasteiger partial charge is 0.391 e. The SMILES string of the molecule is CCc1nc(-c2ccc(Cl)cc2Cl)c(CC)nc1N[C@H]1c2ccccc2CC[C@H]1O. The molecule has 1 aromatic heterocycles. The number of aliphatic hydroxyl groups excluding tert-OH is 1. The summed E-state index contributed by atoms with van der Waals surface area (Å²) in [7, 11) is 0. The number of rotatable bonds is 5. The summed E-state index contributed by atoms with van der Waals surface area (Å²) in [6, 6.07) is 13.5. The van der Waals surface area contributed by atoms with Crippen molar-refractivity contribution in [3.8, 4) is 11.3 Å². The molecular formula is C24H25Cl2N3O. The van der Waals surface area contributed by atoms with E-state index in [0.717, 1.165) is 46.9 Å². The van der Waals surface area contributed by atoms with Crippen LogP contribution in [0.4, 0.5) is 5.82 Å². The number of aryl methyl sites for hydroxylation is 3. The molecular weight excluding hydrogens is 417 g/mol. The Morgan fingerprint density at radius 2 is 1.80 bits per heavy atom. The van der Waals surface area contributed by atoms with Gasteiger partial charge in [0.1, 0.15) is 5.82 Å². The number of anilines is 1. The monoisotopic (exact) mass is 441 g/mol. The Hall–Kier alpha value is -2.14. The zero-order valence-electron chi connectivity index (χ0n) is 17.1. The summed E-state index contributed by atoms with van der Waals surface area (Å²) in [6.07, 6.45) is 2.56. The number of nitrogens with one attached hydrogen (secondary N) is 1. The number of halogens is 2. The van der Waals surface area contributed by atoms with Gasteiger partial charge >= 0.3 is 0 Å². The Morgan fingerprint density at radius 1 is 1.03 bits per heavy atom. The van der Waals surface area contributed by atoms with Crippen molar-refractivity contribution in [3.63, 3.8) is 0 Å². The lowest BCUT2D eigenvalue weighted by Crippen LogP contribution is -2.31. The van der Waals surface area contributed by atoms with Crippen molar-refractivity contribution < 1.29 is 5.11 Å². The van der Waals surface area contributed by atoms with Crippen LogP contribution in [0.1, 0.15) is 48.8 Å². The van der Waals surface area contributed by atoms with Crippen LogP contribution in [0.5, 0.6) is 0 Å². The van der Waals surface area contributed by atoms with Gasteiger partial charge in [-0.3, -0.25) is 0 Å². The number of hydrogen-bond donors (Lipinski definition) is 2. The maximum Gasteiger partial charge on any atom is 0.148 e. The molecule has 0 spiro atoms. The Kier molecular flexibility index (Phi) is 6.28. The van der Waals surface area contributed by atoms with E-state index < -0.39 is 6.10 Å². The van der Waals surface area contributed by atoms with Crippen molar-refractivity contribution in [2.75, 3.05) is 5.32 Å². The van der Waals surface area contributed by atoms with Crippen LogP contribution in [-0.2, 0) is 19.3 Å². The molecule has 1 aliphatic carbocycles. The van der Waals surface area contributed by atoms with Crippen molar-refractivity contribution in [1.82, 2.24) is 9.97 Å². The lowest BCUT2D eigenvalue weighted by Gasteiger charge is -2.32. The molecule has 4 rings (SSSR count). The van der Waals surface area contributed by atoms with Crippen LogP contribution < -0.4 is 5.32 Å². The molecule has 30 heavy (non-hydrogen) atoms. The highest BCUT2D eigenvalue weighted by atomic mass is 35.5. The van der Waals surface area contributed by atoms with Gasteiger partial charge in [0, 0.05) is 10.6 Å². The molecule has 156 valence electrons. The van der Waals surface area contributed by atoms with E-state index in [1.165, 1.54) is 5.56 Å². The lowest BCUT2D eigenvalue weighted by atomic mass is 9.85. The Bertz CT molecular complexity index is 1070. The summed E-state index contributed by atoms with van der Waals surface area (Å²) >= 11 is 12.5. The van der Waals surface area contributed by atoms with Crippen LogP contribution in [0.3, 0.4) is 0 Å². The second-order valence-corrected chi connectivity index (χ2v) is 8.42. The molecule has 0 saturated carbocycles. The summed E-state index contributed by atoms with van der Waals surface area (Å²) in [5.41, 5.74) is 5.72. The zero-order chi connectivity index (χ0) is 21.3. The van der Waals surface area contributed by atoms with Crippen LogP contribution in [0.15, 0.2) is 42.5 Å². The van der Waals surface area contributed by atoms with Gasteiger partial charge in [-0.1, -0.05) is 61.3 Å². The maximum atomic E-state index is 10.7. The quantitative estimate of drug-likeness (QED) is 0.506. The summed E-state index contributed by atoms with van der Waals surface area (Å²) < 4.78 is 0. The van der Waals surface area contributed by atoms with Gasteiger partial charge in [-0.25, -0.2) is 9.97 Å². The zero-order valence-corrected chi connectivity index (χ0v) is 18.6. The predicted molar refractivity (Wildman–Crippen MR) is 123 cm³/mol. The fraction of sp³-hybridized carbons (Fsp3) is 0.333. The predicted octanol–water partition coefficient (Wildman–Crippen LogP) is 6.04. The third kappa shape index (κ3) is 4.04. The van der Waals surface area contributed by atoms with E-state index in [0.29, 0.717) is 22.9 Å².